The van der Waals surface area contributed by atoms with E-state index in [0.717, 1.165) is 0 Å². The van der Waals surface area contributed by atoms with Crippen LogP contribution in [0.2, 0.25) is 0 Å². The van der Waals surface area contributed by atoms with Crippen molar-refractivity contribution in [2.75, 3.05) is 6.61 Å². The summed E-state index contributed by atoms with van der Waals surface area (Å²) in [6, 6.07) is 1.25. The number of esters is 1. The Morgan fingerprint density at radius 1 is 1.33 bits per heavy atom. The number of halogens is 2. The molecule has 0 aromatic heterocycles. The second-order valence-corrected chi connectivity index (χ2v) is 3.09. The molecule has 1 aromatic rings. The van der Waals surface area contributed by atoms with E-state index in [4.69, 9.17) is 5.11 Å². The van der Waals surface area contributed by atoms with Gasteiger partial charge >= 0.3 is 11.9 Å². The van der Waals surface area contributed by atoms with Gasteiger partial charge in [-0.15, -0.1) is 0 Å². The molecule has 4 nitrogen and oxygen atoms in total. The van der Waals surface area contributed by atoms with Crippen LogP contribution in [0, 0.1) is 23.5 Å². The highest BCUT2D eigenvalue weighted by Gasteiger charge is 2.13. The third kappa shape index (κ3) is 3.28. The van der Waals surface area contributed by atoms with Gasteiger partial charge in [0.05, 0.1) is 17.7 Å². The van der Waals surface area contributed by atoms with Crippen molar-refractivity contribution in [3.8, 4) is 11.8 Å². The molecule has 0 heterocycles. The first-order valence-corrected chi connectivity index (χ1v) is 4.86. The fourth-order valence-corrected chi connectivity index (χ4v) is 1.10. The van der Waals surface area contributed by atoms with Gasteiger partial charge in [0.2, 0.25) is 0 Å². The molecule has 0 aliphatic carbocycles. The van der Waals surface area contributed by atoms with Crippen molar-refractivity contribution >= 4 is 11.9 Å². The number of benzene rings is 1. The van der Waals surface area contributed by atoms with Crippen LogP contribution in [-0.2, 0) is 9.53 Å². The summed E-state index contributed by atoms with van der Waals surface area (Å²) < 4.78 is 31.2. The number of aromatic carboxylic acids is 1. The maximum Gasteiger partial charge on any atom is 0.384 e. The zero-order valence-corrected chi connectivity index (χ0v) is 9.29. The van der Waals surface area contributed by atoms with Crippen molar-refractivity contribution in [2.45, 2.75) is 6.92 Å². The molecule has 0 fully saturated rings. The average Bonchev–Trinajstić information content (AvgIpc) is 2.27. The number of ether oxygens (including phenoxy) is 1. The van der Waals surface area contributed by atoms with Crippen molar-refractivity contribution in [1.29, 1.82) is 0 Å². The lowest BCUT2D eigenvalue weighted by Crippen LogP contribution is -2.02. The molecule has 18 heavy (non-hydrogen) atoms. The van der Waals surface area contributed by atoms with Crippen molar-refractivity contribution in [3.05, 3.63) is 34.9 Å². The van der Waals surface area contributed by atoms with E-state index in [2.05, 4.69) is 4.74 Å². The van der Waals surface area contributed by atoms with Crippen LogP contribution in [0.3, 0.4) is 0 Å². The Hall–Kier alpha value is -2.42. The monoisotopic (exact) mass is 254 g/mol. The molecule has 0 spiro atoms. The van der Waals surface area contributed by atoms with Gasteiger partial charge in [0, 0.05) is 5.92 Å². The molecular weight excluding hydrogens is 246 g/mol. The zero-order chi connectivity index (χ0) is 13.7. The minimum Gasteiger partial charge on any atom is -0.478 e. The van der Waals surface area contributed by atoms with Gasteiger partial charge in [-0.05, 0) is 25.0 Å². The maximum absolute atomic E-state index is 13.3. The molecule has 0 radical (unpaired) electrons. The smallest absolute Gasteiger partial charge is 0.384 e. The van der Waals surface area contributed by atoms with Crippen LogP contribution in [0.25, 0.3) is 0 Å². The third-order valence-electron chi connectivity index (χ3n) is 1.85. The fourth-order valence-electron chi connectivity index (χ4n) is 1.10. The summed E-state index contributed by atoms with van der Waals surface area (Å²) in [5, 5.41) is 8.57. The van der Waals surface area contributed by atoms with E-state index in [1.165, 1.54) is 0 Å². The van der Waals surface area contributed by atoms with Gasteiger partial charge < -0.3 is 9.84 Å². The number of carbonyl (C=O) groups excluding carboxylic acids is 1. The van der Waals surface area contributed by atoms with Gasteiger partial charge in [-0.2, -0.15) is 0 Å². The van der Waals surface area contributed by atoms with Gasteiger partial charge in [0.15, 0.2) is 0 Å². The van der Waals surface area contributed by atoms with Crippen LogP contribution in [-0.4, -0.2) is 23.7 Å². The number of hydrogen-bond acceptors (Lipinski definition) is 3. The molecule has 0 saturated heterocycles. The molecule has 0 unspecified atom stereocenters. The number of rotatable bonds is 2. The third-order valence-corrected chi connectivity index (χ3v) is 1.85. The van der Waals surface area contributed by atoms with Gasteiger partial charge in [-0.1, -0.05) is 0 Å². The van der Waals surface area contributed by atoms with Crippen molar-refractivity contribution in [2.24, 2.45) is 0 Å². The summed E-state index contributed by atoms with van der Waals surface area (Å²) in [5.41, 5.74) is -1.21. The van der Waals surface area contributed by atoms with Crippen LogP contribution in [0.15, 0.2) is 12.1 Å². The molecule has 0 aliphatic heterocycles. The lowest BCUT2D eigenvalue weighted by atomic mass is 10.1. The van der Waals surface area contributed by atoms with E-state index in [9.17, 15) is 18.4 Å². The van der Waals surface area contributed by atoms with Crippen LogP contribution in [0.1, 0.15) is 22.8 Å². The van der Waals surface area contributed by atoms with Crippen LogP contribution in [0.5, 0.6) is 0 Å². The topological polar surface area (TPSA) is 63.6 Å². The second-order valence-electron chi connectivity index (χ2n) is 3.09. The summed E-state index contributed by atoms with van der Waals surface area (Å²) >= 11 is 0. The molecular formula is C12H8F2O4. The lowest BCUT2D eigenvalue weighted by Gasteiger charge is -1.99. The first-order chi connectivity index (χ1) is 8.45. The van der Waals surface area contributed by atoms with E-state index in [1.807, 2.05) is 11.8 Å². The molecule has 6 heteroatoms. The molecule has 1 rings (SSSR count). The van der Waals surface area contributed by atoms with Gasteiger partial charge in [-0.25, -0.2) is 18.4 Å². The highest BCUT2D eigenvalue weighted by molar-refractivity contribution is 5.90. The van der Waals surface area contributed by atoms with E-state index in [0.29, 0.717) is 12.1 Å². The summed E-state index contributed by atoms with van der Waals surface area (Å²) in [5.74, 6) is -0.820. The van der Waals surface area contributed by atoms with Crippen molar-refractivity contribution < 1.29 is 28.2 Å². The predicted octanol–water partition coefficient (Wildman–Crippen LogP) is 1.58. The van der Waals surface area contributed by atoms with E-state index >= 15 is 0 Å². The predicted molar refractivity (Wildman–Crippen MR) is 56.8 cm³/mol. The van der Waals surface area contributed by atoms with Crippen LogP contribution < -0.4 is 0 Å². The Balaban J connectivity index is 3.11. The molecule has 0 aliphatic rings. The molecule has 1 N–H and O–H groups in total. The highest BCUT2D eigenvalue weighted by atomic mass is 19.1. The molecule has 94 valence electrons. The van der Waals surface area contributed by atoms with Crippen LogP contribution in [0.4, 0.5) is 8.78 Å². The Labute approximate surface area is 101 Å². The summed E-state index contributed by atoms with van der Waals surface area (Å²) in [6.07, 6.45) is 0. The Morgan fingerprint density at radius 2 is 1.89 bits per heavy atom. The van der Waals surface area contributed by atoms with Gasteiger partial charge in [0.25, 0.3) is 0 Å². The number of carboxylic acids is 1. The SMILES string of the molecule is CCOC(=O)C#Cc1c(F)cc(C(=O)O)cc1F. The van der Waals surface area contributed by atoms with Gasteiger partial charge in [0.1, 0.15) is 11.6 Å². The Bertz CT molecular complexity index is 532. The van der Waals surface area contributed by atoms with E-state index in [1.54, 1.807) is 6.92 Å². The average molecular weight is 254 g/mol. The highest BCUT2D eigenvalue weighted by Crippen LogP contribution is 2.14. The van der Waals surface area contributed by atoms with E-state index in [-0.39, 0.29) is 6.61 Å². The maximum atomic E-state index is 13.3. The molecule has 0 bridgehead atoms. The van der Waals surface area contributed by atoms with Crippen molar-refractivity contribution in [3.63, 3.8) is 0 Å². The number of carboxylic acid groups (broad SMARTS) is 1. The minimum atomic E-state index is -1.46. The second kappa shape index (κ2) is 5.77. The van der Waals surface area contributed by atoms with E-state index < -0.39 is 34.7 Å². The molecule has 0 atom stereocenters. The van der Waals surface area contributed by atoms with Crippen LogP contribution >= 0.6 is 0 Å². The first kappa shape index (κ1) is 13.6. The minimum absolute atomic E-state index is 0.0937. The zero-order valence-electron chi connectivity index (χ0n) is 9.29. The number of hydrogen-bond donors (Lipinski definition) is 1. The molecule has 1 aromatic carbocycles. The molecule has 0 amide bonds. The standard InChI is InChI=1S/C12H8F2O4/c1-2-18-11(15)4-3-8-9(13)5-7(12(16)17)6-10(8)14/h5-6H,2H2,1H3,(H,16,17). The molecule has 0 saturated carbocycles. The Kier molecular flexibility index (Phi) is 4.38. The summed E-state index contributed by atoms with van der Waals surface area (Å²) in [7, 11) is 0. The first-order valence-electron chi connectivity index (χ1n) is 4.86. The van der Waals surface area contributed by atoms with Gasteiger partial charge in [-0.3, -0.25) is 0 Å². The summed E-state index contributed by atoms with van der Waals surface area (Å²) in [6.45, 7) is 1.65. The summed E-state index contributed by atoms with van der Waals surface area (Å²) in [4.78, 5) is 21.4. The quantitative estimate of drug-likeness (QED) is 0.642. The van der Waals surface area contributed by atoms with Crippen molar-refractivity contribution in [1.82, 2.24) is 0 Å². The normalized spacial score (nSPS) is 9.28. The Morgan fingerprint density at radius 3 is 2.33 bits per heavy atom. The fraction of sp³-hybridized carbons (Fsp3) is 0.167. The number of carbonyl (C=O) groups is 2. The lowest BCUT2D eigenvalue weighted by molar-refractivity contribution is -0.136. The largest absolute Gasteiger partial charge is 0.478 e.